The van der Waals surface area contributed by atoms with E-state index in [0.717, 1.165) is 83.5 Å². The van der Waals surface area contributed by atoms with Crippen molar-refractivity contribution >= 4 is 25.7 Å². The molecule has 1 fully saturated rings. The lowest BCUT2D eigenvalue weighted by Crippen LogP contribution is -2.66. The highest BCUT2D eigenvalue weighted by Gasteiger charge is 2.53. The van der Waals surface area contributed by atoms with Gasteiger partial charge in [-0.2, -0.15) is 0 Å². The smallest absolute Gasteiger partial charge is 0.457 e. The van der Waals surface area contributed by atoms with Crippen LogP contribution in [0.3, 0.4) is 0 Å². The molecule has 1 rings (SSSR count). The average Bonchev–Trinajstić information content (AvgIpc) is 3.12. The van der Waals surface area contributed by atoms with Crippen LogP contribution in [-0.4, -0.2) is 92.4 Å². The molecule has 6 N–H and O–H groups in total. The summed E-state index contributed by atoms with van der Waals surface area (Å²) in [6.45, 7) is 5.54. The van der Waals surface area contributed by atoms with Gasteiger partial charge in [-0.05, 0) is 19.3 Å². The molecule has 1 saturated heterocycles. The fourth-order valence-electron chi connectivity index (χ4n) is 6.87. The monoisotopic (exact) mass is 810 g/mol. The highest BCUT2D eigenvalue weighted by molar-refractivity contribution is 7.46. The highest BCUT2D eigenvalue weighted by atomic mass is 31.2. The van der Waals surface area contributed by atoms with E-state index in [0.29, 0.717) is 32.1 Å². The van der Waals surface area contributed by atoms with Crippen LogP contribution in [0, 0.1) is 0 Å². The van der Waals surface area contributed by atoms with Crippen LogP contribution in [0.15, 0.2) is 0 Å². The van der Waals surface area contributed by atoms with Gasteiger partial charge in [-0.25, -0.2) is 4.57 Å². The number of aliphatic hydroxyl groups excluding tert-OH is 3. The highest BCUT2D eigenvalue weighted by Crippen LogP contribution is 2.42. The lowest BCUT2D eigenvalue weighted by Gasteiger charge is -2.44. The minimum absolute atomic E-state index is 0.0354. The van der Waals surface area contributed by atoms with E-state index in [-0.39, 0.29) is 12.8 Å². The lowest BCUT2D eigenvalue weighted by molar-refractivity contribution is -0.265. The van der Waals surface area contributed by atoms with Gasteiger partial charge in [0.1, 0.15) is 18.2 Å². The summed E-state index contributed by atoms with van der Waals surface area (Å²) < 4.78 is 34.2. The van der Waals surface area contributed by atoms with Crippen LogP contribution < -0.4 is 5.32 Å². The Labute approximate surface area is 330 Å². The predicted octanol–water partition coefficient (Wildman–Crippen LogP) is 7.05. The molecular weight excluding hydrogens is 733 g/mol. The maximum Gasteiger partial charge on any atom is 0.470 e. The Kier molecular flexibility index (Phi) is 29.3. The molecular formula is C40H76NO13P. The van der Waals surface area contributed by atoms with Gasteiger partial charge in [0, 0.05) is 6.42 Å². The third-order valence-electron chi connectivity index (χ3n) is 10.0. The summed E-state index contributed by atoms with van der Waals surface area (Å²) in [7, 11) is -5.28. The number of amides is 1. The van der Waals surface area contributed by atoms with Gasteiger partial charge < -0.3 is 44.6 Å². The van der Waals surface area contributed by atoms with Gasteiger partial charge in [0.2, 0.25) is 12.2 Å². The molecule has 1 heterocycles. The van der Waals surface area contributed by atoms with E-state index in [1.54, 1.807) is 0 Å². The molecule has 324 valence electrons. The quantitative estimate of drug-likeness (QED) is 0.0219. The maximum atomic E-state index is 13.3. The van der Waals surface area contributed by atoms with Crippen LogP contribution in [0.5, 0.6) is 0 Å². The first-order chi connectivity index (χ1) is 26.3. The first-order valence-corrected chi connectivity index (χ1v) is 22.9. The number of ether oxygens (including phenoxy) is 3. The van der Waals surface area contributed by atoms with Crippen molar-refractivity contribution in [1.82, 2.24) is 5.32 Å². The van der Waals surface area contributed by atoms with Crippen LogP contribution in [0.25, 0.3) is 0 Å². The third kappa shape index (κ3) is 25.4. The maximum absolute atomic E-state index is 13.3. The van der Waals surface area contributed by atoms with Crippen molar-refractivity contribution in [2.45, 2.75) is 231 Å². The van der Waals surface area contributed by atoms with Gasteiger partial charge in [-0.3, -0.25) is 18.9 Å². The number of phosphoric ester groups is 1. The summed E-state index contributed by atoms with van der Waals surface area (Å²) in [6, 6.07) is -1.54. The first-order valence-electron chi connectivity index (χ1n) is 21.4. The van der Waals surface area contributed by atoms with E-state index in [1.807, 2.05) is 0 Å². The molecule has 7 atom stereocenters. The van der Waals surface area contributed by atoms with Gasteiger partial charge in [0.05, 0.1) is 31.7 Å². The van der Waals surface area contributed by atoms with Crippen LogP contribution in [0.1, 0.15) is 188 Å². The second-order valence-corrected chi connectivity index (χ2v) is 16.4. The Hall–Kier alpha value is -1.64. The number of nitrogens with one attached hydrogen (secondary N) is 1. The molecule has 0 radical (unpaired) electrons. The minimum Gasteiger partial charge on any atom is -0.457 e. The third-order valence-corrected chi connectivity index (χ3v) is 10.5. The van der Waals surface area contributed by atoms with Crippen LogP contribution in [0.2, 0.25) is 0 Å². The Bertz CT molecular complexity index is 1060. The molecule has 0 spiro atoms. The molecule has 0 aliphatic carbocycles. The van der Waals surface area contributed by atoms with E-state index in [9.17, 15) is 44.1 Å². The summed E-state index contributed by atoms with van der Waals surface area (Å²) in [4.78, 5) is 59.3. The molecule has 0 aromatic rings. The SMILES string of the molecule is CCCCCCCCCCCC(=O)O[C@@H]1[C@@H](NC(=O)C[C@H](O)CCCCCCC)[C@@H](OC(=O)C[C@H](O)CCCCCCCCC)O[C@H](CO)[C@H]1OP(=O)(O)O. The Morgan fingerprint density at radius 3 is 1.56 bits per heavy atom. The number of carbonyl (C=O) groups is 3. The second-order valence-electron chi connectivity index (χ2n) is 15.2. The normalized spacial score (nSPS) is 21.2. The van der Waals surface area contributed by atoms with E-state index in [2.05, 4.69) is 26.1 Å². The molecule has 55 heavy (non-hydrogen) atoms. The van der Waals surface area contributed by atoms with Gasteiger partial charge in [0.25, 0.3) is 0 Å². The topological polar surface area (TPSA) is 218 Å². The number of aliphatic hydroxyl groups is 3. The zero-order chi connectivity index (χ0) is 40.9. The lowest BCUT2D eigenvalue weighted by atomic mass is 9.96. The number of hydrogen-bond acceptors (Lipinski definition) is 11. The number of hydrogen-bond donors (Lipinski definition) is 6. The summed E-state index contributed by atoms with van der Waals surface area (Å²) >= 11 is 0. The van der Waals surface area contributed by atoms with Crippen molar-refractivity contribution in [3.8, 4) is 0 Å². The van der Waals surface area contributed by atoms with E-state index in [1.165, 1.54) is 32.1 Å². The fraction of sp³-hybridized carbons (Fsp3) is 0.925. The largest absolute Gasteiger partial charge is 0.470 e. The van der Waals surface area contributed by atoms with Crippen LogP contribution in [-0.2, 0) is 37.7 Å². The van der Waals surface area contributed by atoms with E-state index >= 15 is 0 Å². The van der Waals surface area contributed by atoms with Gasteiger partial charge in [-0.15, -0.1) is 0 Å². The Balaban J connectivity index is 3.13. The van der Waals surface area contributed by atoms with Crippen molar-refractivity contribution < 1.29 is 62.8 Å². The van der Waals surface area contributed by atoms with Crippen molar-refractivity contribution in [2.24, 2.45) is 0 Å². The molecule has 0 unspecified atom stereocenters. The van der Waals surface area contributed by atoms with E-state index < -0.39 is 81.5 Å². The zero-order valence-electron chi connectivity index (χ0n) is 34.1. The molecule has 1 amide bonds. The number of unbranched alkanes of at least 4 members (excludes halogenated alkanes) is 18. The minimum atomic E-state index is -5.28. The Morgan fingerprint density at radius 2 is 1.09 bits per heavy atom. The zero-order valence-corrected chi connectivity index (χ0v) is 35.0. The van der Waals surface area contributed by atoms with Gasteiger partial charge in [0.15, 0.2) is 6.10 Å². The molecule has 1 aliphatic heterocycles. The first kappa shape index (κ1) is 51.4. The molecule has 0 aromatic heterocycles. The number of esters is 2. The van der Waals surface area contributed by atoms with Crippen molar-refractivity contribution in [3.05, 3.63) is 0 Å². The van der Waals surface area contributed by atoms with Crippen molar-refractivity contribution in [3.63, 3.8) is 0 Å². The summed E-state index contributed by atoms with van der Waals surface area (Å²) in [5, 5.41) is 34.0. The second kappa shape index (κ2) is 31.4. The molecule has 0 saturated carbocycles. The molecule has 1 aliphatic rings. The number of phosphoric acid groups is 1. The molecule has 0 aromatic carbocycles. The molecule has 15 heteroatoms. The van der Waals surface area contributed by atoms with Gasteiger partial charge in [-0.1, -0.05) is 149 Å². The van der Waals surface area contributed by atoms with Crippen molar-refractivity contribution in [2.75, 3.05) is 6.61 Å². The van der Waals surface area contributed by atoms with Crippen LogP contribution in [0.4, 0.5) is 0 Å². The predicted molar refractivity (Wildman–Crippen MR) is 210 cm³/mol. The van der Waals surface area contributed by atoms with Crippen molar-refractivity contribution in [1.29, 1.82) is 0 Å². The number of carbonyl (C=O) groups excluding carboxylic acids is 3. The number of rotatable bonds is 34. The standard InChI is InChI=1S/C40H76NO13P/c1-4-7-10-13-15-16-18-21-24-27-35(46)52-39-37(41-34(45)28-31(43)25-22-19-12-9-6-3)40(51-33(30-42)38(39)54-55(48,49)50)53-36(47)29-32(44)26-23-20-17-14-11-8-5-2/h31-33,37-40,42-44H,4-30H2,1-3H3,(H,41,45)(H2,48,49,50)/t31-,32-,33-,37-,38-,39-,40-/m1/s1. The van der Waals surface area contributed by atoms with E-state index in [4.69, 9.17) is 18.7 Å². The summed E-state index contributed by atoms with van der Waals surface area (Å²) in [6.07, 6.45) is 12.3. The Morgan fingerprint density at radius 1 is 0.636 bits per heavy atom. The van der Waals surface area contributed by atoms with Crippen LogP contribution >= 0.6 is 7.82 Å². The average molecular weight is 810 g/mol. The summed E-state index contributed by atoms with van der Waals surface area (Å²) in [5.74, 6) is -2.35. The fourth-order valence-corrected chi connectivity index (χ4v) is 7.45. The van der Waals surface area contributed by atoms with Gasteiger partial charge >= 0.3 is 19.8 Å². The summed E-state index contributed by atoms with van der Waals surface area (Å²) in [5.41, 5.74) is 0. The molecule has 14 nitrogen and oxygen atoms in total. The molecule has 0 bridgehead atoms.